The van der Waals surface area contributed by atoms with Gasteiger partial charge in [-0.05, 0) is 56.3 Å². The minimum Gasteiger partial charge on any atom is -0.507 e. The van der Waals surface area contributed by atoms with Crippen LogP contribution < -0.4 is 4.90 Å². The largest absolute Gasteiger partial charge is 0.507 e. The van der Waals surface area contributed by atoms with Crippen LogP contribution in [0.5, 0.6) is 5.75 Å². The number of aromatic hydroxyl groups is 1. The van der Waals surface area contributed by atoms with Crippen LogP contribution in [0.15, 0.2) is 42.5 Å². The van der Waals surface area contributed by atoms with Crippen molar-refractivity contribution in [1.82, 2.24) is 19.8 Å². The molecule has 1 N–H and O–H groups in total. The molecule has 1 aromatic heterocycles. The molecule has 192 valence electrons. The zero-order valence-corrected chi connectivity index (χ0v) is 21.9. The molecule has 0 radical (unpaired) electrons. The minimum atomic E-state index is 0.168. The Morgan fingerprint density at radius 1 is 1.00 bits per heavy atom. The van der Waals surface area contributed by atoms with Crippen LogP contribution in [0.1, 0.15) is 45.1 Å². The lowest BCUT2D eigenvalue weighted by molar-refractivity contribution is -0.131. The van der Waals surface area contributed by atoms with Crippen molar-refractivity contribution in [2.45, 2.75) is 46.5 Å². The number of amides is 1. The van der Waals surface area contributed by atoms with Crippen LogP contribution in [0.25, 0.3) is 22.3 Å². The first-order valence-electron chi connectivity index (χ1n) is 13.3. The fourth-order valence-corrected chi connectivity index (χ4v) is 4.84. The number of benzene rings is 2. The number of aryl methyl sites for hydroxylation is 1. The quantitative estimate of drug-likeness (QED) is 0.410. The van der Waals surface area contributed by atoms with Gasteiger partial charge >= 0.3 is 0 Å². The zero-order valence-electron chi connectivity index (χ0n) is 21.9. The second kappa shape index (κ2) is 12.2. The van der Waals surface area contributed by atoms with Crippen LogP contribution >= 0.6 is 0 Å². The molecule has 2 heterocycles. The molecule has 0 spiro atoms. The van der Waals surface area contributed by atoms with Crippen molar-refractivity contribution in [3.8, 4) is 17.1 Å². The van der Waals surface area contributed by atoms with E-state index in [2.05, 4.69) is 48.8 Å². The fraction of sp³-hybridized carbons (Fsp3) is 0.483. The highest BCUT2D eigenvalue weighted by Gasteiger charge is 2.24. The number of rotatable bonds is 10. The van der Waals surface area contributed by atoms with E-state index in [1.54, 1.807) is 12.1 Å². The van der Waals surface area contributed by atoms with Gasteiger partial charge in [0.15, 0.2) is 5.82 Å². The summed E-state index contributed by atoms with van der Waals surface area (Å²) in [6.45, 7) is 12.2. The Morgan fingerprint density at radius 3 is 2.50 bits per heavy atom. The van der Waals surface area contributed by atoms with Crippen molar-refractivity contribution < 1.29 is 9.90 Å². The summed E-state index contributed by atoms with van der Waals surface area (Å²) in [5, 5.41) is 11.4. The number of anilines is 1. The number of phenols is 1. The van der Waals surface area contributed by atoms with Gasteiger partial charge in [0.2, 0.25) is 5.91 Å². The highest BCUT2D eigenvalue weighted by Crippen LogP contribution is 2.32. The maximum atomic E-state index is 12.9. The molecule has 2 aromatic carbocycles. The van der Waals surface area contributed by atoms with E-state index in [4.69, 9.17) is 9.97 Å². The van der Waals surface area contributed by atoms with Crippen LogP contribution in [0.4, 0.5) is 5.82 Å². The Labute approximate surface area is 214 Å². The molecule has 36 heavy (non-hydrogen) atoms. The van der Waals surface area contributed by atoms with Gasteiger partial charge in [0, 0.05) is 44.5 Å². The van der Waals surface area contributed by atoms with Crippen molar-refractivity contribution in [2.24, 2.45) is 0 Å². The Morgan fingerprint density at radius 2 is 1.78 bits per heavy atom. The third-order valence-electron chi connectivity index (χ3n) is 7.08. The summed E-state index contributed by atoms with van der Waals surface area (Å²) in [4.78, 5) is 29.3. The number of carbonyl (C=O) groups is 1. The van der Waals surface area contributed by atoms with Gasteiger partial charge in [-0.2, -0.15) is 0 Å². The monoisotopic (exact) mass is 489 g/mol. The van der Waals surface area contributed by atoms with Crippen LogP contribution in [0.2, 0.25) is 0 Å². The number of aromatic nitrogens is 2. The van der Waals surface area contributed by atoms with Gasteiger partial charge in [0.1, 0.15) is 11.6 Å². The predicted molar refractivity (Wildman–Crippen MR) is 146 cm³/mol. The van der Waals surface area contributed by atoms with Crippen molar-refractivity contribution in [2.75, 3.05) is 50.7 Å². The highest BCUT2D eigenvalue weighted by molar-refractivity contribution is 5.92. The molecule has 0 saturated carbocycles. The third kappa shape index (κ3) is 6.13. The number of carbonyl (C=O) groups excluding carboxylic acids is 1. The number of fused-ring (bicyclic) bond motifs is 1. The third-order valence-corrected chi connectivity index (χ3v) is 7.08. The SMILES string of the molecule is CCCCCN(CC)CCC(=O)N1CCN(c2nc(-c3ccccc3O)nc3cc(C)ccc23)CC1. The lowest BCUT2D eigenvalue weighted by Crippen LogP contribution is -2.49. The van der Waals surface area contributed by atoms with Crippen molar-refractivity contribution in [3.63, 3.8) is 0 Å². The van der Waals surface area contributed by atoms with Gasteiger partial charge in [0.05, 0.1) is 11.1 Å². The maximum Gasteiger partial charge on any atom is 0.223 e. The average molecular weight is 490 g/mol. The van der Waals surface area contributed by atoms with E-state index in [9.17, 15) is 9.90 Å². The number of para-hydroxylation sites is 1. The molecule has 1 saturated heterocycles. The van der Waals surface area contributed by atoms with E-state index in [-0.39, 0.29) is 11.7 Å². The standard InChI is InChI=1S/C29H39N5O2/c1-4-6-9-15-32(5-2)16-14-27(36)33-17-19-34(20-18-33)29-23-13-12-22(3)21-25(23)30-28(31-29)24-10-7-8-11-26(24)35/h7-8,10-13,21,35H,4-6,9,14-20H2,1-3H3. The van der Waals surface area contributed by atoms with E-state index >= 15 is 0 Å². The van der Waals surface area contributed by atoms with Gasteiger partial charge in [-0.25, -0.2) is 9.97 Å². The molecule has 3 aromatic rings. The normalized spacial score (nSPS) is 14.1. The molecule has 0 atom stereocenters. The molecule has 1 fully saturated rings. The molecule has 7 nitrogen and oxygen atoms in total. The molecule has 1 aliphatic rings. The summed E-state index contributed by atoms with van der Waals surface area (Å²) in [6, 6.07) is 13.4. The van der Waals surface area contributed by atoms with Gasteiger partial charge in [0.25, 0.3) is 0 Å². The van der Waals surface area contributed by atoms with E-state index < -0.39 is 0 Å². The Bertz CT molecular complexity index is 1170. The molecule has 7 heteroatoms. The predicted octanol–water partition coefficient (Wildman–Crippen LogP) is 4.86. The molecular formula is C29H39N5O2. The maximum absolute atomic E-state index is 12.9. The van der Waals surface area contributed by atoms with Crippen LogP contribution in [0, 0.1) is 6.92 Å². The average Bonchev–Trinajstić information content (AvgIpc) is 2.90. The number of piperazine rings is 1. The number of unbranched alkanes of at least 4 members (excludes halogenated alkanes) is 2. The summed E-state index contributed by atoms with van der Waals surface area (Å²) in [5.74, 6) is 1.78. The molecule has 0 bridgehead atoms. The Kier molecular flexibility index (Phi) is 8.75. The fourth-order valence-electron chi connectivity index (χ4n) is 4.84. The molecule has 4 rings (SSSR count). The van der Waals surface area contributed by atoms with Gasteiger partial charge < -0.3 is 19.8 Å². The van der Waals surface area contributed by atoms with Crippen molar-refractivity contribution in [3.05, 3.63) is 48.0 Å². The Balaban J connectivity index is 1.46. The number of nitrogens with zero attached hydrogens (tertiary/aromatic N) is 5. The van der Waals surface area contributed by atoms with E-state index in [1.807, 2.05) is 17.0 Å². The van der Waals surface area contributed by atoms with Crippen LogP contribution in [0.3, 0.4) is 0 Å². The lowest BCUT2D eigenvalue weighted by Gasteiger charge is -2.36. The first kappa shape index (κ1) is 25.9. The lowest BCUT2D eigenvalue weighted by atomic mass is 10.1. The first-order chi connectivity index (χ1) is 17.5. The Hall–Kier alpha value is -3.19. The van der Waals surface area contributed by atoms with Gasteiger partial charge in [-0.3, -0.25) is 4.79 Å². The second-order valence-electron chi connectivity index (χ2n) is 9.67. The number of hydrogen-bond donors (Lipinski definition) is 1. The van der Waals surface area contributed by atoms with Crippen molar-refractivity contribution >= 4 is 22.6 Å². The van der Waals surface area contributed by atoms with Crippen LogP contribution in [-0.4, -0.2) is 76.6 Å². The van der Waals surface area contributed by atoms with Crippen LogP contribution in [-0.2, 0) is 4.79 Å². The summed E-state index contributed by atoms with van der Waals surface area (Å²) in [7, 11) is 0. The topological polar surface area (TPSA) is 72.8 Å². The second-order valence-corrected chi connectivity index (χ2v) is 9.67. The molecule has 0 unspecified atom stereocenters. The van der Waals surface area contributed by atoms with E-state index in [0.29, 0.717) is 30.9 Å². The van der Waals surface area contributed by atoms with Crippen molar-refractivity contribution in [1.29, 1.82) is 0 Å². The van der Waals surface area contributed by atoms with E-state index in [1.165, 1.54) is 19.3 Å². The number of phenolic OH excluding ortho intramolecular Hbond substituents is 1. The highest BCUT2D eigenvalue weighted by atomic mass is 16.3. The smallest absolute Gasteiger partial charge is 0.223 e. The van der Waals surface area contributed by atoms with E-state index in [0.717, 1.165) is 55.0 Å². The molecular weight excluding hydrogens is 450 g/mol. The molecule has 1 amide bonds. The summed E-state index contributed by atoms with van der Waals surface area (Å²) >= 11 is 0. The molecule has 0 aliphatic carbocycles. The zero-order chi connectivity index (χ0) is 25.5. The summed E-state index contributed by atoms with van der Waals surface area (Å²) in [5.41, 5.74) is 2.61. The van der Waals surface area contributed by atoms with Gasteiger partial charge in [-0.1, -0.05) is 44.9 Å². The molecule has 1 aliphatic heterocycles. The summed E-state index contributed by atoms with van der Waals surface area (Å²) in [6.07, 6.45) is 4.24. The number of hydrogen-bond acceptors (Lipinski definition) is 6. The first-order valence-corrected chi connectivity index (χ1v) is 13.3. The minimum absolute atomic E-state index is 0.168. The summed E-state index contributed by atoms with van der Waals surface area (Å²) < 4.78 is 0. The van der Waals surface area contributed by atoms with Gasteiger partial charge in [-0.15, -0.1) is 0 Å².